The van der Waals surface area contributed by atoms with Gasteiger partial charge in [0, 0.05) is 35.1 Å². The van der Waals surface area contributed by atoms with Gasteiger partial charge in [0.1, 0.15) is 5.82 Å². The third-order valence-electron chi connectivity index (χ3n) is 5.03. The van der Waals surface area contributed by atoms with E-state index in [-0.39, 0.29) is 29.3 Å². The summed E-state index contributed by atoms with van der Waals surface area (Å²) < 4.78 is 39.1. The van der Waals surface area contributed by atoms with Gasteiger partial charge in [-0.05, 0) is 50.7 Å². The molecular weight excluding hydrogens is 345 g/mol. The number of aliphatic hydroxyl groups is 1. The minimum absolute atomic E-state index is 0.0376. The van der Waals surface area contributed by atoms with E-state index in [1.165, 1.54) is 6.20 Å². The number of aromatic nitrogens is 1. The van der Waals surface area contributed by atoms with E-state index in [4.69, 9.17) is 11.5 Å². The molecule has 2 saturated carbocycles. The first-order valence-electron chi connectivity index (χ1n) is 8.64. The maximum atomic E-state index is 13.0. The van der Waals surface area contributed by atoms with Crippen LogP contribution < -0.4 is 11.5 Å². The molecule has 0 radical (unpaired) electrons. The van der Waals surface area contributed by atoms with Gasteiger partial charge in [-0.3, -0.25) is 4.99 Å². The number of hydrogen-bond acceptors (Lipinski definition) is 5. The van der Waals surface area contributed by atoms with E-state index in [2.05, 4.69) is 9.98 Å². The van der Waals surface area contributed by atoms with E-state index in [0.29, 0.717) is 11.8 Å². The lowest BCUT2D eigenvalue weighted by Crippen LogP contribution is -2.15. The first-order valence-corrected chi connectivity index (χ1v) is 8.64. The van der Waals surface area contributed by atoms with Gasteiger partial charge in [0.25, 0.3) is 0 Å². The van der Waals surface area contributed by atoms with Crippen LogP contribution in [-0.2, 0) is 6.18 Å². The molecule has 5 N–H and O–H groups in total. The van der Waals surface area contributed by atoms with Crippen molar-refractivity contribution in [2.75, 3.05) is 5.73 Å². The zero-order valence-corrected chi connectivity index (χ0v) is 14.7. The largest absolute Gasteiger partial charge is 0.419 e. The van der Waals surface area contributed by atoms with Gasteiger partial charge in [-0.15, -0.1) is 0 Å². The molecule has 1 aromatic rings. The SMILES string of the molecule is CC(C)N=C(C=C(N)c1cnc(N)c(C(F)(F)F)c1)C1[C@H]2CC(O)C[C@@H]12. The number of aliphatic hydroxyl groups excluding tert-OH is 1. The van der Waals surface area contributed by atoms with E-state index in [0.717, 1.165) is 24.6 Å². The number of aliphatic imine (C=N–C) groups is 1. The average Bonchev–Trinajstić information content (AvgIpc) is 3.02. The van der Waals surface area contributed by atoms with Crippen molar-refractivity contribution in [3.8, 4) is 0 Å². The molecular formula is C18H23F3N4O. The van der Waals surface area contributed by atoms with Crippen LogP contribution >= 0.6 is 0 Å². The predicted octanol–water partition coefficient (Wildman–Crippen LogP) is 2.85. The summed E-state index contributed by atoms with van der Waals surface area (Å²) in [6, 6.07) is 0.953. The quantitative estimate of drug-likeness (QED) is 0.712. The summed E-state index contributed by atoms with van der Waals surface area (Å²) in [6.45, 7) is 3.87. The molecule has 142 valence electrons. The van der Waals surface area contributed by atoms with E-state index in [9.17, 15) is 18.3 Å². The zero-order chi connectivity index (χ0) is 19.2. The molecule has 26 heavy (non-hydrogen) atoms. The summed E-state index contributed by atoms with van der Waals surface area (Å²) in [5.74, 6) is 0.391. The van der Waals surface area contributed by atoms with Crippen molar-refractivity contribution in [2.45, 2.75) is 45.0 Å². The van der Waals surface area contributed by atoms with Gasteiger partial charge < -0.3 is 16.6 Å². The minimum atomic E-state index is -4.59. The van der Waals surface area contributed by atoms with Crippen molar-refractivity contribution in [3.05, 3.63) is 29.5 Å². The molecule has 3 rings (SSSR count). The highest BCUT2D eigenvalue weighted by Crippen LogP contribution is 2.58. The lowest BCUT2D eigenvalue weighted by molar-refractivity contribution is -0.137. The van der Waals surface area contributed by atoms with Crippen LogP contribution in [0, 0.1) is 17.8 Å². The van der Waals surface area contributed by atoms with Crippen LogP contribution in [0.5, 0.6) is 0 Å². The molecule has 2 aliphatic rings. The Morgan fingerprint density at radius 2 is 1.96 bits per heavy atom. The molecule has 2 aliphatic carbocycles. The molecule has 0 aliphatic heterocycles. The molecule has 8 heteroatoms. The Balaban J connectivity index is 1.89. The normalized spacial score (nSPS) is 29.2. The highest BCUT2D eigenvalue weighted by Gasteiger charge is 2.57. The second-order valence-corrected chi connectivity index (χ2v) is 7.38. The predicted molar refractivity (Wildman–Crippen MR) is 94.1 cm³/mol. The topological polar surface area (TPSA) is 97.5 Å². The molecule has 5 nitrogen and oxygen atoms in total. The van der Waals surface area contributed by atoms with E-state index in [1.54, 1.807) is 6.08 Å². The number of nitrogens with zero attached hydrogens (tertiary/aromatic N) is 2. The second-order valence-electron chi connectivity index (χ2n) is 7.38. The van der Waals surface area contributed by atoms with Crippen LogP contribution in [-0.4, -0.2) is 27.9 Å². The minimum Gasteiger partial charge on any atom is -0.398 e. The van der Waals surface area contributed by atoms with Crippen LogP contribution in [0.2, 0.25) is 0 Å². The van der Waals surface area contributed by atoms with E-state index >= 15 is 0 Å². The van der Waals surface area contributed by atoms with Gasteiger partial charge in [0.05, 0.1) is 11.7 Å². The molecule has 0 amide bonds. The maximum absolute atomic E-state index is 13.0. The van der Waals surface area contributed by atoms with Gasteiger partial charge in [0.2, 0.25) is 0 Å². The lowest BCUT2D eigenvalue weighted by Gasteiger charge is -2.13. The van der Waals surface area contributed by atoms with Crippen LogP contribution in [0.15, 0.2) is 23.3 Å². The Morgan fingerprint density at radius 3 is 2.50 bits per heavy atom. The number of halogens is 3. The molecule has 0 saturated heterocycles. The Kier molecular flexibility index (Phi) is 4.72. The van der Waals surface area contributed by atoms with Crippen LogP contribution in [0.4, 0.5) is 19.0 Å². The molecule has 1 heterocycles. The lowest BCUT2D eigenvalue weighted by atomic mass is 10.0. The zero-order valence-electron chi connectivity index (χ0n) is 14.7. The number of anilines is 1. The Labute approximate surface area is 150 Å². The third-order valence-corrected chi connectivity index (χ3v) is 5.03. The van der Waals surface area contributed by atoms with Crippen molar-refractivity contribution in [2.24, 2.45) is 28.5 Å². The first-order chi connectivity index (χ1) is 12.1. The number of fused-ring (bicyclic) bond motifs is 1. The van der Waals surface area contributed by atoms with Crippen molar-refractivity contribution < 1.29 is 18.3 Å². The number of allylic oxidation sites excluding steroid dienone is 1. The van der Waals surface area contributed by atoms with Crippen molar-refractivity contribution in [1.82, 2.24) is 4.98 Å². The average molecular weight is 368 g/mol. The highest BCUT2D eigenvalue weighted by molar-refractivity contribution is 6.04. The fourth-order valence-corrected chi connectivity index (χ4v) is 3.87. The molecule has 0 aromatic carbocycles. The first kappa shape index (κ1) is 18.7. The monoisotopic (exact) mass is 368 g/mol. The summed E-state index contributed by atoms with van der Waals surface area (Å²) in [4.78, 5) is 8.24. The molecule has 0 spiro atoms. The molecule has 2 fully saturated rings. The molecule has 1 aromatic heterocycles. The standard InChI is InChI=1S/C18H23F3N4O/c1-8(2)25-15(16-11-4-10(26)5-12(11)16)6-14(22)9-3-13(18(19,20)21)17(23)24-7-9/h3,6-8,10-12,16,26H,4-5,22H2,1-2H3,(H2,23,24)/t10?,11-,12+,16?. The molecule has 4 atom stereocenters. The Bertz CT molecular complexity index is 745. The van der Waals surface area contributed by atoms with Gasteiger partial charge in [-0.25, -0.2) is 4.98 Å². The number of pyridine rings is 1. The van der Waals surface area contributed by atoms with Crippen molar-refractivity contribution in [3.63, 3.8) is 0 Å². The van der Waals surface area contributed by atoms with Gasteiger partial charge in [0.15, 0.2) is 0 Å². The summed E-state index contributed by atoms with van der Waals surface area (Å²) in [5.41, 5.74) is 11.5. The van der Waals surface area contributed by atoms with Crippen LogP contribution in [0.1, 0.15) is 37.8 Å². The fraction of sp³-hybridized carbons (Fsp3) is 0.556. The summed E-state index contributed by atoms with van der Waals surface area (Å²) >= 11 is 0. The van der Waals surface area contributed by atoms with Crippen molar-refractivity contribution in [1.29, 1.82) is 0 Å². The number of alkyl halides is 3. The highest BCUT2D eigenvalue weighted by atomic mass is 19.4. The van der Waals surface area contributed by atoms with Gasteiger partial charge in [-0.1, -0.05) is 0 Å². The summed E-state index contributed by atoms with van der Waals surface area (Å²) in [6.07, 6.45) is -0.502. The summed E-state index contributed by atoms with van der Waals surface area (Å²) in [5, 5.41) is 9.70. The third kappa shape index (κ3) is 3.70. The van der Waals surface area contributed by atoms with Gasteiger partial charge in [-0.2, -0.15) is 13.2 Å². The smallest absolute Gasteiger partial charge is 0.398 e. The Hall–Kier alpha value is -2.09. The Morgan fingerprint density at radius 1 is 1.35 bits per heavy atom. The maximum Gasteiger partial charge on any atom is 0.419 e. The second kappa shape index (κ2) is 6.57. The van der Waals surface area contributed by atoms with Gasteiger partial charge >= 0.3 is 6.18 Å². The van der Waals surface area contributed by atoms with E-state index in [1.807, 2.05) is 13.8 Å². The number of nitrogen functional groups attached to an aromatic ring is 1. The number of nitrogens with two attached hydrogens (primary N) is 2. The number of hydrogen-bond donors (Lipinski definition) is 3. The van der Waals surface area contributed by atoms with Crippen LogP contribution in [0.3, 0.4) is 0 Å². The van der Waals surface area contributed by atoms with Crippen LogP contribution in [0.25, 0.3) is 5.70 Å². The number of rotatable bonds is 4. The fourth-order valence-electron chi connectivity index (χ4n) is 3.87. The summed E-state index contributed by atoms with van der Waals surface area (Å²) in [7, 11) is 0. The van der Waals surface area contributed by atoms with Crippen molar-refractivity contribution >= 4 is 17.2 Å². The molecule has 2 unspecified atom stereocenters. The van der Waals surface area contributed by atoms with E-state index < -0.39 is 17.6 Å². The molecule has 0 bridgehead atoms.